The summed E-state index contributed by atoms with van der Waals surface area (Å²) in [5, 5.41) is 0. The van der Waals surface area contributed by atoms with Crippen molar-refractivity contribution < 1.29 is 31.5 Å². The first-order chi connectivity index (χ1) is 15.3. The summed E-state index contributed by atoms with van der Waals surface area (Å²) in [6.07, 6.45) is 2.33. The number of piperazine rings is 1. The zero-order chi connectivity index (χ0) is 22.7. The van der Waals surface area contributed by atoms with Crippen LogP contribution in [0.25, 0.3) is 6.08 Å². The van der Waals surface area contributed by atoms with Crippen molar-refractivity contribution in [1.82, 2.24) is 14.1 Å². The Morgan fingerprint density at radius 2 is 1.78 bits per heavy atom. The van der Waals surface area contributed by atoms with E-state index in [1.165, 1.54) is 16.4 Å². The molecule has 2 fully saturated rings. The van der Waals surface area contributed by atoms with Crippen molar-refractivity contribution in [3.63, 3.8) is 0 Å². The zero-order valence-corrected chi connectivity index (χ0v) is 18.5. The predicted octanol–water partition coefficient (Wildman–Crippen LogP) is 1.38. The number of fused-ring (bicyclic) bond motifs is 1. The van der Waals surface area contributed by atoms with E-state index in [1.807, 2.05) is 0 Å². The summed E-state index contributed by atoms with van der Waals surface area (Å²) < 4.78 is 62.3. The van der Waals surface area contributed by atoms with Gasteiger partial charge in [0.05, 0.1) is 24.7 Å². The summed E-state index contributed by atoms with van der Waals surface area (Å²) in [7, 11) is -3.65. The number of morpholine rings is 1. The van der Waals surface area contributed by atoms with Crippen molar-refractivity contribution >= 4 is 22.0 Å². The fourth-order valence-corrected chi connectivity index (χ4v) is 5.83. The minimum Gasteiger partial charge on any atom is -0.435 e. The molecule has 1 aliphatic carbocycles. The van der Waals surface area contributed by atoms with Crippen LogP contribution in [0.1, 0.15) is 17.5 Å². The molecule has 0 saturated carbocycles. The molecule has 0 aromatic heterocycles. The van der Waals surface area contributed by atoms with Gasteiger partial charge in [-0.05, 0) is 42.2 Å². The standard InChI is InChI=1S/C21H27F2N3O5S/c22-21(23)31-18-3-1-17-14-19(4-2-16(17)13-18)32(28,29)26-7-5-25(6-8-26)20(27)15-24-9-11-30-12-10-24/h1,3,13-14,21H,2,4-12,15H2. The third-order valence-electron chi connectivity index (χ3n) is 6.02. The molecule has 0 atom stereocenters. The van der Waals surface area contributed by atoms with Crippen molar-refractivity contribution in [3.05, 3.63) is 34.2 Å². The van der Waals surface area contributed by atoms with Crippen LogP contribution in [-0.2, 0) is 26.0 Å². The summed E-state index contributed by atoms with van der Waals surface area (Å²) in [5.74, 6) is 0.0768. The number of aryl methyl sites for hydroxylation is 1. The van der Waals surface area contributed by atoms with Crippen molar-refractivity contribution in [1.29, 1.82) is 0 Å². The molecule has 1 aromatic carbocycles. The van der Waals surface area contributed by atoms with Gasteiger partial charge in [-0.15, -0.1) is 0 Å². The van der Waals surface area contributed by atoms with Gasteiger partial charge in [0.15, 0.2) is 0 Å². The molecule has 11 heteroatoms. The monoisotopic (exact) mass is 471 g/mol. The Labute approximate surface area is 186 Å². The predicted molar refractivity (Wildman–Crippen MR) is 114 cm³/mol. The van der Waals surface area contributed by atoms with Crippen molar-refractivity contribution in [2.24, 2.45) is 0 Å². The molecule has 2 aliphatic heterocycles. The van der Waals surface area contributed by atoms with Crippen LogP contribution in [0, 0.1) is 0 Å². The molecule has 2 heterocycles. The molecule has 0 unspecified atom stereocenters. The molecule has 1 aromatic rings. The molecule has 1 amide bonds. The van der Waals surface area contributed by atoms with Gasteiger partial charge in [0.25, 0.3) is 0 Å². The number of ether oxygens (including phenoxy) is 2. The van der Waals surface area contributed by atoms with Crippen LogP contribution >= 0.6 is 0 Å². The quantitative estimate of drug-likeness (QED) is 0.624. The van der Waals surface area contributed by atoms with Gasteiger partial charge in [0, 0.05) is 39.3 Å². The maximum Gasteiger partial charge on any atom is 0.387 e. The average molecular weight is 472 g/mol. The Kier molecular flexibility index (Phi) is 7.08. The maximum absolute atomic E-state index is 13.2. The van der Waals surface area contributed by atoms with Gasteiger partial charge in [0.1, 0.15) is 5.75 Å². The van der Waals surface area contributed by atoms with E-state index in [2.05, 4.69) is 9.64 Å². The molecule has 3 aliphatic rings. The van der Waals surface area contributed by atoms with Gasteiger partial charge in [-0.1, -0.05) is 6.07 Å². The SMILES string of the molecule is O=C(CN1CCOCC1)N1CCN(S(=O)(=O)C2=Cc3ccc(OC(F)F)cc3CC2)CC1. The highest BCUT2D eigenvalue weighted by Gasteiger charge is 2.33. The minimum absolute atomic E-state index is 0.0107. The smallest absolute Gasteiger partial charge is 0.387 e. The Hall–Kier alpha value is -2.08. The number of allylic oxidation sites excluding steroid dienone is 1. The molecule has 8 nitrogen and oxygen atoms in total. The third kappa shape index (κ3) is 5.28. The van der Waals surface area contributed by atoms with Crippen LogP contribution in [0.4, 0.5) is 8.78 Å². The lowest BCUT2D eigenvalue weighted by molar-refractivity contribution is -0.134. The number of carbonyl (C=O) groups excluding carboxylic acids is 1. The highest BCUT2D eigenvalue weighted by Crippen LogP contribution is 2.32. The van der Waals surface area contributed by atoms with E-state index < -0.39 is 16.6 Å². The van der Waals surface area contributed by atoms with Crippen LogP contribution in [0.15, 0.2) is 23.1 Å². The van der Waals surface area contributed by atoms with Crippen LogP contribution in [-0.4, -0.2) is 94.1 Å². The summed E-state index contributed by atoms with van der Waals surface area (Å²) in [6.45, 7) is 1.36. The number of halogens is 2. The molecular formula is C21H27F2N3O5S. The highest BCUT2D eigenvalue weighted by molar-refractivity contribution is 7.93. The fourth-order valence-electron chi connectivity index (χ4n) is 4.22. The second kappa shape index (κ2) is 9.82. The molecular weight excluding hydrogens is 444 g/mol. The number of hydrogen-bond acceptors (Lipinski definition) is 6. The number of hydrogen-bond donors (Lipinski definition) is 0. The lowest BCUT2D eigenvalue weighted by atomic mass is 9.97. The normalized spacial score (nSPS) is 20.7. The van der Waals surface area contributed by atoms with Gasteiger partial charge < -0.3 is 14.4 Å². The molecule has 32 heavy (non-hydrogen) atoms. The van der Waals surface area contributed by atoms with E-state index >= 15 is 0 Å². The first-order valence-electron chi connectivity index (χ1n) is 10.7. The fraction of sp³-hybridized carbons (Fsp3) is 0.571. The van der Waals surface area contributed by atoms with Gasteiger partial charge in [0.2, 0.25) is 15.9 Å². The maximum atomic E-state index is 13.2. The molecule has 0 spiro atoms. The summed E-state index contributed by atoms with van der Waals surface area (Å²) in [4.78, 5) is 16.6. The summed E-state index contributed by atoms with van der Waals surface area (Å²) in [5.41, 5.74) is 1.47. The number of rotatable bonds is 6. The minimum atomic E-state index is -3.65. The second-order valence-corrected chi connectivity index (χ2v) is 10.0. The molecule has 176 valence electrons. The van der Waals surface area contributed by atoms with E-state index in [-0.39, 0.29) is 24.7 Å². The lowest BCUT2D eigenvalue weighted by Gasteiger charge is -2.36. The first kappa shape index (κ1) is 23.1. The van der Waals surface area contributed by atoms with E-state index in [9.17, 15) is 22.0 Å². The number of nitrogens with zero attached hydrogens (tertiary/aromatic N) is 3. The molecule has 4 rings (SSSR count). The van der Waals surface area contributed by atoms with E-state index in [4.69, 9.17) is 4.74 Å². The van der Waals surface area contributed by atoms with E-state index in [0.717, 1.165) is 18.7 Å². The average Bonchev–Trinajstić information content (AvgIpc) is 2.79. The second-order valence-electron chi connectivity index (χ2n) is 8.02. The zero-order valence-electron chi connectivity index (χ0n) is 17.7. The largest absolute Gasteiger partial charge is 0.435 e. The van der Waals surface area contributed by atoms with Crippen molar-refractivity contribution in [3.8, 4) is 5.75 Å². The lowest BCUT2D eigenvalue weighted by Crippen LogP contribution is -2.53. The molecule has 2 saturated heterocycles. The van der Waals surface area contributed by atoms with E-state index in [1.54, 1.807) is 17.0 Å². The van der Waals surface area contributed by atoms with Crippen LogP contribution in [0.2, 0.25) is 0 Å². The van der Waals surface area contributed by atoms with Crippen LogP contribution in [0.5, 0.6) is 5.75 Å². The Bertz CT molecular complexity index is 972. The number of alkyl halides is 2. The van der Waals surface area contributed by atoms with Gasteiger partial charge in [-0.3, -0.25) is 9.69 Å². The van der Waals surface area contributed by atoms with E-state index in [0.29, 0.717) is 56.2 Å². The molecule has 0 bridgehead atoms. The van der Waals surface area contributed by atoms with Gasteiger partial charge in [-0.2, -0.15) is 13.1 Å². The Morgan fingerprint density at radius 3 is 2.47 bits per heavy atom. The highest BCUT2D eigenvalue weighted by atomic mass is 32.2. The van der Waals surface area contributed by atoms with Crippen LogP contribution < -0.4 is 4.74 Å². The number of sulfonamides is 1. The third-order valence-corrected chi connectivity index (χ3v) is 8.05. The van der Waals surface area contributed by atoms with Gasteiger partial charge in [-0.25, -0.2) is 8.42 Å². The van der Waals surface area contributed by atoms with Crippen molar-refractivity contribution in [2.45, 2.75) is 19.5 Å². The van der Waals surface area contributed by atoms with Crippen molar-refractivity contribution in [2.75, 3.05) is 59.0 Å². The Morgan fingerprint density at radius 1 is 1.06 bits per heavy atom. The molecule has 0 N–H and O–H groups in total. The first-order valence-corrected chi connectivity index (χ1v) is 12.1. The molecule has 0 radical (unpaired) electrons. The number of carbonyl (C=O) groups is 1. The van der Waals surface area contributed by atoms with Gasteiger partial charge >= 0.3 is 6.61 Å². The summed E-state index contributed by atoms with van der Waals surface area (Å²) >= 11 is 0. The number of amides is 1. The Balaban J connectivity index is 1.37. The topological polar surface area (TPSA) is 79.4 Å². The number of benzene rings is 1. The summed E-state index contributed by atoms with van der Waals surface area (Å²) in [6, 6.07) is 4.54. The van der Waals surface area contributed by atoms with Crippen LogP contribution in [0.3, 0.4) is 0 Å².